The van der Waals surface area contributed by atoms with Crippen molar-refractivity contribution < 1.29 is 19.1 Å². The highest BCUT2D eigenvalue weighted by Crippen LogP contribution is 2.33. The molecule has 22 heavy (non-hydrogen) atoms. The third-order valence-electron chi connectivity index (χ3n) is 4.85. The van der Waals surface area contributed by atoms with Crippen molar-refractivity contribution in [2.45, 2.75) is 57.3 Å². The zero-order valence-corrected chi connectivity index (χ0v) is 13.5. The number of carbonyl (C=O) groups is 3. The summed E-state index contributed by atoms with van der Waals surface area (Å²) < 4.78 is 5.26. The Kier molecular flexibility index (Phi) is 3.43. The van der Waals surface area contributed by atoms with Crippen LogP contribution >= 0.6 is 0 Å². The molecule has 0 spiro atoms. The molecule has 3 saturated heterocycles. The molecule has 0 aromatic carbocycles. The van der Waals surface area contributed by atoms with Crippen LogP contribution in [-0.4, -0.2) is 76.5 Å². The van der Waals surface area contributed by atoms with Gasteiger partial charge in [-0.2, -0.15) is 0 Å². The summed E-state index contributed by atoms with van der Waals surface area (Å²) >= 11 is 0. The Morgan fingerprint density at radius 1 is 1.14 bits per heavy atom. The average Bonchev–Trinajstić information content (AvgIpc) is 3.06. The second kappa shape index (κ2) is 4.94. The van der Waals surface area contributed by atoms with Gasteiger partial charge >= 0.3 is 6.03 Å². The van der Waals surface area contributed by atoms with Crippen LogP contribution in [0.4, 0.5) is 4.79 Å². The van der Waals surface area contributed by atoms with Gasteiger partial charge in [0.05, 0.1) is 12.1 Å². The predicted molar refractivity (Wildman–Crippen MR) is 78.0 cm³/mol. The first kappa shape index (κ1) is 15.3. The topological polar surface area (TPSA) is 70.2 Å². The number of rotatable bonds is 2. The maximum Gasteiger partial charge on any atom is 0.327 e. The molecule has 7 heteroatoms. The van der Waals surface area contributed by atoms with Crippen molar-refractivity contribution in [2.75, 3.05) is 20.2 Å². The maximum atomic E-state index is 12.6. The Labute approximate surface area is 130 Å². The Morgan fingerprint density at radius 3 is 2.32 bits per heavy atom. The molecule has 0 bridgehead atoms. The zero-order chi connectivity index (χ0) is 16.2. The van der Waals surface area contributed by atoms with Gasteiger partial charge in [-0.25, -0.2) is 4.79 Å². The van der Waals surface area contributed by atoms with Gasteiger partial charge in [-0.1, -0.05) is 0 Å². The van der Waals surface area contributed by atoms with E-state index in [1.54, 1.807) is 16.9 Å². The van der Waals surface area contributed by atoms with Crippen LogP contribution < -0.4 is 0 Å². The quantitative estimate of drug-likeness (QED) is 0.694. The molecular formula is C15H23N3O4. The number of imide groups is 1. The second-order valence-corrected chi connectivity index (χ2v) is 7.29. The lowest BCUT2D eigenvalue weighted by atomic mass is 10.1. The molecule has 0 aliphatic carbocycles. The number of nitrogens with zero attached hydrogens (tertiary/aromatic N) is 3. The van der Waals surface area contributed by atoms with E-state index in [2.05, 4.69) is 0 Å². The van der Waals surface area contributed by atoms with Crippen LogP contribution in [0, 0.1) is 0 Å². The van der Waals surface area contributed by atoms with Crippen molar-refractivity contribution in [1.29, 1.82) is 0 Å². The van der Waals surface area contributed by atoms with Crippen molar-refractivity contribution in [3.8, 4) is 0 Å². The van der Waals surface area contributed by atoms with Crippen LogP contribution in [0.1, 0.15) is 33.6 Å². The monoisotopic (exact) mass is 309 g/mol. The van der Waals surface area contributed by atoms with Crippen molar-refractivity contribution >= 4 is 17.8 Å². The number of carbonyl (C=O) groups excluding carboxylic acids is 3. The van der Waals surface area contributed by atoms with Gasteiger partial charge < -0.3 is 14.5 Å². The number of methoxy groups -OCH3 is 1. The molecule has 0 aromatic rings. The number of amides is 4. The van der Waals surface area contributed by atoms with E-state index in [9.17, 15) is 14.4 Å². The van der Waals surface area contributed by atoms with Crippen molar-refractivity contribution in [2.24, 2.45) is 0 Å². The highest BCUT2D eigenvalue weighted by molar-refractivity contribution is 6.05. The molecule has 3 fully saturated rings. The molecule has 3 rings (SSSR count). The summed E-state index contributed by atoms with van der Waals surface area (Å²) in [6, 6.07) is -1.04. The standard InChI is InChI=1S/C15H23N3O4/c1-15(2,3)17-7-9(5-12(17)19)18-13(20)11-6-10(22-4)8-16(11)14(18)21/h9-11H,5-8H2,1-4H3/t9-,10-,11+/m1/s1. The van der Waals surface area contributed by atoms with E-state index in [4.69, 9.17) is 4.74 Å². The van der Waals surface area contributed by atoms with E-state index in [0.717, 1.165) is 0 Å². The Bertz CT molecular complexity index is 503. The van der Waals surface area contributed by atoms with Crippen molar-refractivity contribution in [3.63, 3.8) is 0 Å². The molecule has 3 aliphatic rings. The van der Waals surface area contributed by atoms with Crippen LogP contribution in [0.15, 0.2) is 0 Å². The van der Waals surface area contributed by atoms with Gasteiger partial charge in [-0.15, -0.1) is 0 Å². The van der Waals surface area contributed by atoms with Crippen LogP contribution in [-0.2, 0) is 14.3 Å². The van der Waals surface area contributed by atoms with Gasteiger partial charge in [-0.05, 0) is 20.8 Å². The molecular weight excluding hydrogens is 286 g/mol. The highest BCUT2D eigenvalue weighted by atomic mass is 16.5. The summed E-state index contributed by atoms with van der Waals surface area (Å²) in [5.74, 6) is -0.182. The summed E-state index contributed by atoms with van der Waals surface area (Å²) in [7, 11) is 1.59. The number of hydrogen-bond donors (Lipinski definition) is 0. The van der Waals surface area contributed by atoms with Gasteiger partial charge in [0.15, 0.2) is 0 Å². The first-order valence-electron chi connectivity index (χ1n) is 7.71. The Hall–Kier alpha value is -1.63. The molecule has 0 aromatic heterocycles. The van der Waals surface area contributed by atoms with E-state index in [0.29, 0.717) is 19.5 Å². The molecule has 4 amide bonds. The number of urea groups is 1. The Balaban J connectivity index is 1.76. The highest BCUT2D eigenvalue weighted by Gasteiger charge is 2.54. The smallest absolute Gasteiger partial charge is 0.327 e. The van der Waals surface area contributed by atoms with Crippen LogP contribution in [0.25, 0.3) is 0 Å². The fraction of sp³-hybridized carbons (Fsp3) is 0.800. The fourth-order valence-corrected chi connectivity index (χ4v) is 3.65. The van der Waals surface area contributed by atoms with Crippen LogP contribution in [0.2, 0.25) is 0 Å². The van der Waals surface area contributed by atoms with Crippen molar-refractivity contribution in [3.05, 3.63) is 0 Å². The Morgan fingerprint density at radius 2 is 1.82 bits per heavy atom. The van der Waals surface area contributed by atoms with Gasteiger partial charge in [0.1, 0.15) is 6.04 Å². The molecule has 3 atom stereocenters. The maximum absolute atomic E-state index is 12.6. The normalized spacial score (nSPS) is 32.5. The third kappa shape index (κ3) is 2.18. The number of hydrogen-bond acceptors (Lipinski definition) is 4. The molecule has 0 N–H and O–H groups in total. The fourth-order valence-electron chi connectivity index (χ4n) is 3.65. The zero-order valence-electron chi connectivity index (χ0n) is 13.5. The van der Waals surface area contributed by atoms with Crippen LogP contribution in [0.5, 0.6) is 0 Å². The van der Waals surface area contributed by atoms with Crippen molar-refractivity contribution in [1.82, 2.24) is 14.7 Å². The van der Waals surface area contributed by atoms with Gasteiger partial charge in [-0.3, -0.25) is 14.5 Å². The van der Waals surface area contributed by atoms with Gasteiger partial charge in [0, 0.05) is 38.6 Å². The largest absolute Gasteiger partial charge is 0.380 e. The summed E-state index contributed by atoms with van der Waals surface area (Å²) in [5.41, 5.74) is -0.297. The van der Waals surface area contributed by atoms with E-state index >= 15 is 0 Å². The minimum absolute atomic E-state index is 0.0000671. The summed E-state index contributed by atoms with van der Waals surface area (Å²) in [6.07, 6.45) is 0.695. The van der Waals surface area contributed by atoms with E-state index in [-0.39, 0.29) is 42.0 Å². The summed E-state index contributed by atoms with van der Waals surface area (Å²) in [5, 5.41) is 0. The van der Waals surface area contributed by atoms with E-state index in [1.807, 2.05) is 20.8 Å². The summed E-state index contributed by atoms with van der Waals surface area (Å²) in [4.78, 5) is 42.0. The molecule has 122 valence electrons. The number of ether oxygens (including phenoxy) is 1. The van der Waals surface area contributed by atoms with Gasteiger partial charge in [0.25, 0.3) is 5.91 Å². The lowest BCUT2D eigenvalue weighted by Crippen LogP contribution is -2.47. The van der Waals surface area contributed by atoms with E-state index in [1.165, 1.54) is 4.90 Å². The van der Waals surface area contributed by atoms with E-state index < -0.39 is 6.04 Å². The number of likely N-dealkylation sites (tertiary alicyclic amines) is 1. The molecule has 3 heterocycles. The SMILES string of the molecule is CO[C@@H]1C[C@H]2C(=O)N([C@@H]3CC(=O)N(C(C)(C)C)C3)C(=O)N2C1. The predicted octanol–water partition coefficient (Wildman–Crippen LogP) is 0.437. The van der Waals surface area contributed by atoms with Crippen LogP contribution in [0.3, 0.4) is 0 Å². The third-order valence-corrected chi connectivity index (χ3v) is 4.85. The molecule has 3 aliphatic heterocycles. The first-order chi connectivity index (χ1) is 10.2. The lowest BCUT2D eigenvalue weighted by molar-refractivity contribution is -0.131. The molecule has 0 unspecified atom stereocenters. The lowest BCUT2D eigenvalue weighted by Gasteiger charge is -2.32. The number of fused-ring (bicyclic) bond motifs is 1. The average molecular weight is 309 g/mol. The second-order valence-electron chi connectivity index (χ2n) is 7.29. The summed E-state index contributed by atoms with van der Waals surface area (Å²) in [6.45, 7) is 6.76. The molecule has 7 nitrogen and oxygen atoms in total. The molecule has 0 saturated carbocycles. The minimum atomic E-state index is -0.420. The molecule has 0 radical (unpaired) electrons. The van der Waals surface area contributed by atoms with Gasteiger partial charge in [0.2, 0.25) is 5.91 Å². The minimum Gasteiger partial charge on any atom is -0.380 e. The first-order valence-corrected chi connectivity index (χ1v) is 7.71.